The number of aromatic nitrogens is 1. The lowest BCUT2D eigenvalue weighted by molar-refractivity contribution is -0.132. The largest absolute Gasteiger partial charge is 0.482 e. The van der Waals surface area contributed by atoms with E-state index in [1.807, 2.05) is 23.1 Å². The molecule has 2 amide bonds. The molecule has 0 aliphatic carbocycles. The standard InChI is InChI=1S/C35H39IN4O4/c1-43-17-5-16-40-30-8-3-2-7-28(30)34(36)35(40)26-6-4-15-39(21-26)33(42)20-27(37)18-23-9-11-24(12-10-23)25-13-14-31-29(19-25)38-32(41)22-44-31/h2-3,7-14,19,26-27H,4-6,15-18,20-22,37H2,1H3,(H,38,41)/t26?,27-/m1/s1. The summed E-state index contributed by atoms with van der Waals surface area (Å²) >= 11 is 2.50. The first-order chi connectivity index (χ1) is 21.4. The van der Waals surface area contributed by atoms with E-state index in [-0.39, 0.29) is 24.5 Å². The van der Waals surface area contributed by atoms with E-state index in [1.54, 1.807) is 7.11 Å². The number of nitrogens with two attached hydrogens (primary N) is 1. The minimum atomic E-state index is -0.259. The van der Waals surface area contributed by atoms with Gasteiger partial charge in [-0.25, -0.2) is 0 Å². The summed E-state index contributed by atoms with van der Waals surface area (Å²) in [6.07, 6.45) is 3.96. The van der Waals surface area contributed by atoms with E-state index in [4.69, 9.17) is 15.2 Å². The number of para-hydroxylation sites is 1. The van der Waals surface area contributed by atoms with Gasteiger partial charge in [-0.05, 0) is 83.2 Å². The molecule has 1 saturated heterocycles. The third-order valence-electron chi connectivity index (χ3n) is 8.67. The van der Waals surface area contributed by atoms with Crippen molar-refractivity contribution in [3.63, 3.8) is 0 Å². The van der Waals surface area contributed by atoms with Gasteiger partial charge in [0, 0.05) is 71.9 Å². The van der Waals surface area contributed by atoms with Crippen molar-refractivity contribution < 1.29 is 19.1 Å². The molecule has 230 valence electrons. The molecule has 4 aromatic rings. The maximum atomic E-state index is 13.5. The molecular weight excluding hydrogens is 667 g/mol. The summed E-state index contributed by atoms with van der Waals surface area (Å²) in [4.78, 5) is 27.2. The molecule has 3 aromatic carbocycles. The number of ether oxygens (including phenoxy) is 2. The van der Waals surface area contributed by atoms with E-state index in [1.165, 1.54) is 20.2 Å². The Morgan fingerprint density at radius 3 is 2.75 bits per heavy atom. The molecule has 8 nitrogen and oxygen atoms in total. The van der Waals surface area contributed by atoms with Crippen LogP contribution in [-0.4, -0.2) is 60.7 Å². The predicted molar refractivity (Wildman–Crippen MR) is 182 cm³/mol. The Kier molecular flexibility index (Phi) is 9.53. The summed E-state index contributed by atoms with van der Waals surface area (Å²) in [5, 5.41) is 4.15. The van der Waals surface area contributed by atoms with Gasteiger partial charge in [0.15, 0.2) is 6.61 Å². The van der Waals surface area contributed by atoms with Crippen molar-refractivity contribution in [2.45, 2.75) is 50.6 Å². The molecule has 0 spiro atoms. The fourth-order valence-corrected chi connectivity index (χ4v) is 7.73. The molecule has 44 heavy (non-hydrogen) atoms. The van der Waals surface area contributed by atoms with Crippen molar-refractivity contribution >= 4 is 51.0 Å². The van der Waals surface area contributed by atoms with Gasteiger partial charge in [-0.15, -0.1) is 0 Å². The summed E-state index contributed by atoms with van der Waals surface area (Å²) in [5.74, 6) is 0.959. The molecule has 0 saturated carbocycles. The first-order valence-corrected chi connectivity index (χ1v) is 16.4. The molecular formula is C35H39IN4O4. The third-order valence-corrected chi connectivity index (χ3v) is 9.81. The number of hydrogen-bond donors (Lipinski definition) is 2. The molecule has 0 bridgehead atoms. The van der Waals surface area contributed by atoms with E-state index in [2.05, 4.69) is 81.0 Å². The second-order valence-corrected chi connectivity index (χ2v) is 12.9. The van der Waals surface area contributed by atoms with Crippen molar-refractivity contribution in [3.05, 3.63) is 81.6 Å². The topological polar surface area (TPSA) is 98.8 Å². The zero-order valence-electron chi connectivity index (χ0n) is 25.1. The molecule has 2 atom stereocenters. The number of carbonyl (C=O) groups is 2. The van der Waals surface area contributed by atoms with Crippen LogP contribution in [0.25, 0.3) is 22.0 Å². The fourth-order valence-electron chi connectivity index (χ4n) is 6.54. The smallest absolute Gasteiger partial charge is 0.262 e. The zero-order chi connectivity index (χ0) is 30.6. The lowest BCUT2D eigenvalue weighted by atomic mass is 9.93. The summed E-state index contributed by atoms with van der Waals surface area (Å²) < 4.78 is 14.6. The second kappa shape index (κ2) is 13.7. The Bertz CT molecular complexity index is 1650. The van der Waals surface area contributed by atoms with Crippen LogP contribution in [0.5, 0.6) is 5.75 Å². The van der Waals surface area contributed by atoms with Crippen LogP contribution >= 0.6 is 22.6 Å². The van der Waals surface area contributed by atoms with E-state index < -0.39 is 0 Å². The van der Waals surface area contributed by atoms with Crippen molar-refractivity contribution in [2.24, 2.45) is 5.73 Å². The Morgan fingerprint density at radius 2 is 1.93 bits per heavy atom. The van der Waals surface area contributed by atoms with Crippen LogP contribution < -0.4 is 15.8 Å². The maximum absolute atomic E-state index is 13.5. The highest BCUT2D eigenvalue weighted by Gasteiger charge is 2.30. The number of rotatable bonds is 10. The number of amides is 2. The Labute approximate surface area is 272 Å². The summed E-state index contributed by atoms with van der Waals surface area (Å²) in [7, 11) is 1.75. The lowest BCUT2D eigenvalue weighted by Crippen LogP contribution is -2.42. The molecule has 6 rings (SSSR count). The van der Waals surface area contributed by atoms with Gasteiger partial charge >= 0.3 is 0 Å². The number of piperidine rings is 1. The van der Waals surface area contributed by atoms with Gasteiger partial charge in [0.05, 0.1) is 5.69 Å². The normalized spacial score (nSPS) is 17.2. The number of halogens is 1. The van der Waals surface area contributed by atoms with Crippen LogP contribution in [0.15, 0.2) is 66.7 Å². The minimum absolute atomic E-state index is 0.0440. The summed E-state index contributed by atoms with van der Waals surface area (Å²) in [6, 6.07) is 22.4. The van der Waals surface area contributed by atoms with E-state index in [0.717, 1.165) is 62.2 Å². The van der Waals surface area contributed by atoms with Crippen molar-refractivity contribution in [1.82, 2.24) is 9.47 Å². The Hall–Kier alpha value is -3.41. The summed E-state index contributed by atoms with van der Waals surface area (Å²) in [5.41, 5.74) is 13.0. The highest BCUT2D eigenvalue weighted by atomic mass is 127. The average molecular weight is 707 g/mol. The maximum Gasteiger partial charge on any atom is 0.262 e. The van der Waals surface area contributed by atoms with Gasteiger partial charge in [0.2, 0.25) is 5.91 Å². The first-order valence-electron chi connectivity index (χ1n) is 15.4. The number of nitrogens with one attached hydrogen (secondary N) is 1. The molecule has 9 heteroatoms. The fraction of sp³-hybridized carbons (Fsp3) is 0.371. The van der Waals surface area contributed by atoms with Crippen LogP contribution in [0, 0.1) is 3.57 Å². The molecule has 1 fully saturated rings. The van der Waals surface area contributed by atoms with Crippen molar-refractivity contribution in [3.8, 4) is 16.9 Å². The Balaban J connectivity index is 1.09. The highest BCUT2D eigenvalue weighted by molar-refractivity contribution is 14.1. The van der Waals surface area contributed by atoms with Crippen molar-refractivity contribution in [1.29, 1.82) is 0 Å². The molecule has 2 aliphatic rings. The van der Waals surface area contributed by atoms with Crippen LogP contribution in [0.1, 0.15) is 42.9 Å². The van der Waals surface area contributed by atoms with E-state index in [9.17, 15) is 9.59 Å². The van der Waals surface area contributed by atoms with Gasteiger partial charge in [0.25, 0.3) is 5.91 Å². The number of anilines is 1. The number of methoxy groups -OCH3 is 1. The van der Waals surface area contributed by atoms with Crippen LogP contribution in [0.2, 0.25) is 0 Å². The monoisotopic (exact) mass is 706 g/mol. The number of nitrogens with zero attached hydrogens (tertiary/aromatic N) is 2. The first kappa shape index (κ1) is 30.6. The number of fused-ring (bicyclic) bond motifs is 2. The van der Waals surface area contributed by atoms with E-state index in [0.29, 0.717) is 30.2 Å². The number of carbonyl (C=O) groups excluding carboxylic acids is 2. The third kappa shape index (κ3) is 6.64. The minimum Gasteiger partial charge on any atom is -0.482 e. The highest BCUT2D eigenvalue weighted by Crippen LogP contribution is 2.37. The van der Waals surface area contributed by atoms with Gasteiger partial charge in [-0.2, -0.15) is 0 Å². The molecule has 3 heterocycles. The van der Waals surface area contributed by atoms with Crippen LogP contribution in [0.4, 0.5) is 5.69 Å². The average Bonchev–Trinajstić information content (AvgIpc) is 3.32. The number of hydrogen-bond acceptors (Lipinski definition) is 5. The molecule has 1 unspecified atom stereocenters. The zero-order valence-corrected chi connectivity index (χ0v) is 27.2. The van der Waals surface area contributed by atoms with Gasteiger partial charge in [-0.1, -0.05) is 48.5 Å². The second-order valence-electron chi connectivity index (χ2n) is 11.8. The molecule has 0 radical (unpaired) electrons. The van der Waals surface area contributed by atoms with Crippen molar-refractivity contribution in [2.75, 3.05) is 38.7 Å². The summed E-state index contributed by atoms with van der Waals surface area (Å²) in [6.45, 7) is 3.18. The number of aryl methyl sites for hydroxylation is 1. The SMILES string of the molecule is COCCCn1c(C2CCCN(C(=O)C[C@H](N)Cc3ccc(-c4ccc5c(c4)NC(=O)CO5)cc3)C2)c(I)c2ccccc21. The Morgan fingerprint density at radius 1 is 1.14 bits per heavy atom. The predicted octanol–water partition coefficient (Wildman–Crippen LogP) is 5.95. The van der Waals surface area contributed by atoms with Gasteiger partial charge in [-0.3, -0.25) is 9.59 Å². The van der Waals surface area contributed by atoms with E-state index >= 15 is 0 Å². The number of likely N-dealkylation sites (tertiary alicyclic amines) is 1. The molecule has 2 aliphatic heterocycles. The quantitative estimate of drug-likeness (QED) is 0.157. The lowest BCUT2D eigenvalue weighted by Gasteiger charge is -2.34. The van der Waals surface area contributed by atoms with Gasteiger partial charge < -0.3 is 30.0 Å². The van der Waals surface area contributed by atoms with Gasteiger partial charge in [0.1, 0.15) is 5.75 Å². The number of benzene rings is 3. The molecule has 1 aromatic heterocycles. The van der Waals surface area contributed by atoms with Crippen LogP contribution in [-0.2, 0) is 27.3 Å². The van der Waals surface area contributed by atoms with Crippen LogP contribution in [0.3, 0.4) is 0 Å². The molecule has 3 N–H and O–H groups in total.